The maximum absolute atomic E-state index is 10.3. The zero-order valence-corrected chi connectivity index (χ0v) is 9.96. The van der Waals surface area contributed by atoms with Gasteiger partial charge in [-0.1, -0.05) is 37.5 Å². The van der Waals surface area contributed by atoms with Crippen molar-refractivity contribution in [2.75, 3.05) is 0 Å². The summed E-state index contributed by atoms with van der Waals surface area (Å²) in [5, 5.41) is 8.49. The van der Waals surface area contributed by atoms with E-state index in [4.69, 9.17) is 5.11 Å². The molecular weight excluding hydrogens is 200 g/mol. The zero-order chi connectivity index (χ0) is 12.6. The van der Waals surface area contributed by atoms with Crippen LogP contribution in [0.2, 0.25) is 0 Å². The lowest BCUT2D eigenvalue weighted by molar-refractivity contribution is -0.137. The predicted octanol–water partition coefficient (Wildman–Crippen LogP) is 3.88. The van der Waals surface area contributed by atoms with Crippen molar-refractivity contribution in [3.05, 3.63) is 48.6 Å². The van der Waals surface area contributed by atoms with Crippen LogP contribution in [-0.2, 0) is 4.79 Å². The number of unbranched alkanes of at least 4 members (excludes halogenated alkanes) is 1. The Morgan fingerprint density at radius 3 is 2.25 bits per heavy atom. The van der Waals surface area contributed by atoms with Crippen molar-refractivity contribution in [2.24, 2.45) is 0 Å². The lowest BCUT2D eigenvalue weighted by Gasteiger charge is -2.03. The predicted molar refractivity (Wildman–Crippen MR) is 68.3 cm³/mol. The van der Waals surface area contributed by atoms with Crippen molar-refractivity contribution in [3.8, 4) is 0 Å². The van der Waals surface area contributed by atoms with Gasteiger partial charge in [-0.3, -0.25) is 4.79 Å². The molecule has 2 heteroatoms. The van der Waals surface area contributed by atoms with Crippen molar-refractivity contribution in [1.29, 1.82) is 0 Å². The van der Waals surface area contributed by atoms with E-state index >= 15 is 0 Å². The van der Waals surface area contributed by atoms with Gasteiger partial charge < -0.3 is 5.11 Å². The second kappa shape index (κ2) is 7.69. The SMILES string of the molecule is C=C/C(=C\C(=C)C(=C)C)CCCCC(=O)O. The second-order valence-corrected chi connectivity index (χ2v) is 3.83. The molecule has 0 atom stereocenters. The molecule has 0 unspecified atom stereocenters. The average molecular weight is 220 g/mol. The normalized spacial score (nSPS) is 10.9. The van der Waals surface area contributed by atoms with E-state index in [1.165, 1.54) is 0 Å². The summed E-state index contributed by atoms with van der Waals surface area (Å²) in [6.45, 7) is 13.3. The maximum Gasteiger partial charge on any atom is 0.303 e. The lowest BCUT2D eigenvalue weighted by Crippen LogP contribution is -1.94. The molecule has 0 saturated heterocycles. The van der Waals surface area contributed by atoms with Gasteiger partial charge in [0, 0.05) is 6.42 Å². The highest BCUT2D eigenvalue weighted by atomic mass is 16.4. The maximum atomic E-state index is 10.3. The first kappa shape index (κ1) is 14.4. The molecule has 0 fully saturated rings. The molecular formula is C14H20O2. The van der Waals surface area contributed by atoms with Crippen LogP contribution in [0.25, 0.3) is 0 Å². The van der Waals surface area contributed by atoms with Crippen LogP contribution in [0, 0.1) is 0 Å². The summed E-state index contributed by atoms with van der Waals surface area (Å²) in [6, 6.07) is 0. The van der Waals surface area contributed by atoms with Gasteiger partial charge in [-0.05, 0) is 37.3 Å². The van der Waals surface area contributed by atoms with Crippen LogP contribution in [0.15, 0.2) is 48.6 Å². The lowest BCUT2D eigenvalue weighted by atomic mass is 10.0. The summed E-state index contributed by atoms with van der Waals surface area (Å²) >= 11 is 0. The van der Waals surface area contributed by atoms with Gasteiger partial charge in [0.15, 0.2) is 0 Å². The molecule has 0 saturated carbocycles. The van der Waals surface area contributed by atoms with Gasteiger partial charge in [0.25, 0.3) is 0 Å². The third-order valence-electron chi connectivity index (χ3n) is 2.28. The molecule has 0 bridgehead atoms. The minimum absolute atomic E-state index is 0.228. The molecule has 0 aliphatic rings. The Morgan fingerprint density at radius 1 is 1.25 bits per heavy atom. The fraction of sp³-hybridized carbons (Fsp3) is 0.357. The van der Waals surface area contributed by atoms with E-state index in [-0.39, 0.29) is 6.42 Å². The smallest absolute Gasteiger partial charge is 0.303 e. The van der Waals surface area contributed by atoms with E-state index in [1.54, 1.807) is 6.08 Å². The molecule has 0 aliphatic heterocycles. The molecule has 0 aromatic carbocycles. The number of rotatable bonds is 8. The molecule has 88 valence electrons. The van der Waals surface area contributed by atoms with Crippen LogP contribution in [0.5, 0.6) is 0 Å². The van der Waals surface area contributed by atoms with Crippen LogP contribution in [0.3, 0.4) is 0 Å². The van der Waals surface area contributed by atoms with E-state index in [9.17, 15) is 4.79 Å². The summed E-state index contributed by atoms with van der Waals surface area (Å²) in [5.74, 6) is -0.740. The highest BCUT2D eigenvalue weighted by molar-refractivity contribution is 5.66. The minimum atomic E-state index is -0.740. The van der Waals surface area contributed by atoms with Gasteiger partial charge in [-0.25, -0.2) is 0 Å². The Labute approximate surface area is 97.7 Å². The Hall–Kier alpha value is -1.57. The third kappa shape index (κ3) is 6.82. The zero-order valence-electron chi connectivity index (χ0n) is 9.96. The van der Waals surface area contributed by atoms with Crippen molar-refractivity contribution >= 4 is 5.97 Å². The molecule has 0 aromatic rings. The largest absolute Gasteiger partial charge is 0.481 e. The first-order valence-electron chi connectivity index (χ1n) is 5.37. The average Bonchev–Trinajstić information content (AvgIpc) is 2.21. The Morgan fingerprint density at radius 2 is 1.81 bits per heavy atom. The molecule has 0 aliphatic carbocycles. The Kier molecular flexibility index (Phi) is 6.93. The van der Waals surface area contributed by atoms with E-state index in [1.807, 2.05) is 13.0 Å². The number of aliphatic carboxylic acids is 1. The van der Waals surface area contributed by atoms with E-state index in [2.05, 4.69) is 19.7 Å². The Balaban J connectivity index is 4.10. The molecule has 16 heavy (non-hydrogen) atoms. The van der Waals surface area contributed by atoms with Crippen LogP contribution < -0.4 is 0 Å². The standard InChI is InChI=1S/C14H20O2/c1-5-13(10-12(4)11(2)3)8-6-7-9-14(15)16/h5,10H,1-2,4,6-9H2,3H3,(H,15,16)/b13-10+. The second-order valence-electron chi connectivity index (χ2n) is 3.83. The number of carboxylic acid groups (broad SMARTS) is 1. The fourth-order valence-corrected chi connectivity index (χ4v) is 1.19. The van der Waals surface area contributed by atoms with Crippen molar-refractivity contribution in [2.45, 2.75) is 32.6 Å². The van der Waals surface area contributed by atoms with Crippen molar-refractivity contribution in [3.63, 3.8) is 0 Å². The molecule has 0 spiro atoms. The van der Waals surface area contributed by atoms with Gasteiger partial charge in [-0.2, -0.15) is 0 Å². The van der Waals surface area contributed by atoms with Crippen LogP contribution in [-0.4, -0.2) is 11.1 Å². The highest BCUT2D eigenvalue weighted by Crippen LogP contribution is 2.15. The van der Waals surface area contributed by atoms with Crippen LogP contribution >= 0.6 is 0 Å². The monoisotopic (exact) mass is 220 g/mol. The molecule has 0 aromatic heterocycles. The molecule has 0 amide bonds. The van der Waals surface area contributed by atoms with E-state index in [0.29, 0.717) is 6.42 Å². The first-order chi connectivity index (χ1) is 7.47. The third-order valence-corrected chi connectivity index (χ3v) is 2.28. The summed E-state index contributed by atoms with van der Waals surface area (Å²) in [7, 11) is 0. The number of hydrogen-bond donors (Lipinski definition) is 1. The molecule has 2 nitrogen and oxygen atoms in total. The summed E-state index contributed by atoms with van der Waals surface area (Å²) in [6.07, 6.45) is 6.35. The quantitative estimate of drug-likeness (QED) is 0.498. The summed E-state index contributed by atoms with van der Waals surface area (Å²) in [4.78, 5) is 10.3. The summed E-state index contributed by atoms with van der Waals surface area (Å²) < 4.78 is 0. The van der Waals surface area contributed by atoms with Gasteiger partial charge in [0.2, 0.25) is 0 Å². The van der Waals surface area contributed by atoms with Crippen LogP contribution in [0.1, 0.15) is 32.6 Å². The number of carbonyl (C=O) groups is 1. The number of allylic oxidation sites excluding steroid dienone is 5. The highest BCUT2D eigenvalue weighted by Gasteiger charge is 1.99. The molecule has 0 heterocycles. The van der Waals surface area contributed by atoms with E-state index < -0.39 is 5.97 Å². The van der Waals surface area contributed by atoms with Gasteiger partial charge >= 0.3 is 5.97 Å². The van der Waals surface area contributed by atoms with Gasteiger partial charge in [0.1, 0.15) is 0 Å². The number of carboxylic acids is 1. The van der Waals surface area contributed by atoms with Gasteiger partial charge in [0.05, 0.1) is 0 Å². The van der Waals surface area contributed by atoms with Crippen molar-refractivity contribution < 1.29 is 9.90 Å². The first-order valence-corrected chi connectivity index (χ1v) is 5.37. The molecule has 1 N–H and O–H groups in total. The molecule has 0 rings (SSSR count). The fourth-order valence-electron chi connectivity index (χ4n) is 1.19. The van der Waals surface area contributed by atoms with E-state index in [0.717, 1.165) is 29.6 Å². The minimum Gasteiger partial charge on any atom is -0.481 e. The topological polar surface area (TPSA) is 37.3 Å². The van der Waals surface area contributed by atoms with Crippen LogP contribution in [0.4, 0.5) is 0 Å². The summed E-state index contributed by atoms with van der Waals surface area (Å²) in [5.41, 5.74) is 2.91. The van der Waals surface area contributed by atoms with Crippen molar-refractivity contribution in [1.82, 2.24) is 0 Å². The molecule has 0 radical (unpaired) electrons. The number of hydrogen-bond acceptors (Lipinski definition) is 1. The van der Waals surface area contributed by atoms with Gasteiger partial charge in [-0.15, -0.1) is 0 Å². The Bertz CT molecular complexity index is 322.